The first-order valence-corrected chi connectivity index (χ1v) is 11.4. The number of benzene rings is 3. The molecule has 0 radical (unpaired) electrons. The Labute approximate surface area is 203 Å². The molecule has 4 rings (SSSR count). The predicted molar refractivity (Wildman–Crippen MR) is 135 cm³/mol. The van der Waals surface area contributed by atoms with Crippen molar-refractivity contribution in [2.45, 2.75) is 12.3 Å². The van der Waals surface area contributed by atoms with Crippen LogP contribution in [-0.4, -0.2) is 37.0 Å². The number of methoxy groups -OCH3 is 1. The number of fused-ring (bicyclic) bond motifs is 1. The monoisotopic (exact) mass is 475 g/mol. The number of H-pyrrole nitrogens is 1. The van der Waals surface area contributed by atoms with Crippen LogP contribution < -0.4 is 15.4 Å². The molecule has 1 aromatic heterocycles. The van der Waals surface area contributed by atoms with E-state index in [1.165, 1.54) is 0 Å². The van der Waals surface area contributed by atoms with Crippen molar-refractivity contribution < 1.29 is 14.3 Å². The van der Waals surface area contributed by atoms with E-state index in [4.69, 9.17) is 16.3 Å². The van der Waals surface area contributed by atoms with E-state index in [1.54, 1.807) is 31.4 Å². The number of aromatic nitrogens is 1. The van der Waals surface area contributed by atoms with E-state index in [9.17, 15) is 9.59 Å². The van der Waals surface area contributed by atoms with Gasteiger partial charge in [0.1, 0.15) is 5.75 Å². The number of amides is 2. The Balaban J connectivity index is 1.40. The predicted octanol–water partition coefficient (Wildman–Crippen LogP) is 4.90. The van der Waals surface area contributed by atoms with Crippen LogP contribution in [0.1, 0.15) is 33.8 Å². The van der Waals surface area contributed by atoms with Crippen molar-refractivity contribution >= 4 is 34.3 Å². The number of nitrogens with one attached hydrogen (secondary N) is 3. The van der Waals surface area contributed by atoms with Gasteiger partial charge in [-0.2, -0.15) is 0 Å². The van der Waals surface area contributed by atoms with Crippen LogP contribution in [0.5, 0.6) is 5.75 Å². The maximum Gasteiger partial charge on any atom is 0.251 e. The van der Waals surface area contributed by atoms with E-state index >= 15 is 0 Å². The average molecular weight is 476 g/mol. The van der Waals surface area contributed by atoms with Gasteiger partial charge in [-0.1, -0.05) is 41.9 Å². The molecule has 1 atom stereocenters. The molecule has 1 unspecified atom stereocenters. The van der Waals surface area contributed by atoms with Gasteiger partial charge >= 0.3 is 0 Å². The zero-order chi connectivity index (χ0) is 23.9. The lowest BCUT2D eigenvalue weighted by Crippen LogP contribution is -2.33. The molecule has 0 aliphatic rings. The molecular formula is C27H26ClN3O3. The van der Waals surface area contributed by atoms with Gasteiger partial charge in [-0.25, -0.2) is 0 Å². The quantitative estimate of drug-likeness (QED) is 0.322. The number of ether oxygens (including phenoxy) is 1. The maximum absolute atomic E-state index is 12.6. The Kier molecular flexibility index (Phi) is 7.50. The number of para-hydroxylation sites is 1. The van der Waals surface area contributed by atoms with Crippen molar-refractivity contribution in [1.82, 2.24) is 15.6 Å². The summed E-state index contributed by atoms with van der Waals surface area (Å²) in [6.45, 7) is 0.672. The lowest BCUT2D eigenvalue weighted by atomic mass is 9.90. The summed E-state index contributed by atoms with van der Waals surface area (Å²) < 4.78 is 5.29. The number of hydrogen-bond acceptors (Lipinski definition) is 3. The molecule has 1 heterocycles. The van der Waals surface area contributed by atoms with Crippen LogP contribution >= 0.6 is 11.6 Å². The Morgan fingerprint density at radius 1 is 0.971 bits per heavy atom. The van der Waals surface area contributed by atoms with Crippen molar-refractivity contribution in [1.29, 1.82) is 0 Å². The van der Waals surface area contributed by atoms with E-state index in [2.05, 4.69) is 21.7 Å². The molecule has 0 bridgehead atoms. The lowest BCUT2D eigenvalue weighted by molar-refractivity contribution is -0.120. The molecule has 0 saturated heterocycles. The van der Waals surface area contributed by atoms with Crippen molar-refractivity contribution in [3.8, 4) is 5.75 Å². The second kappa shape index (κ2) is 10.9. The van der Waals surface area contributed by atoms with Gasteiger partial charge in [0, 0.05) is 53.1 Å². The summed E-state index contributed by atoms with van der Waals surface area (Å²) in [5, 5.41) is 7.49. The van der Waals surface area contributed by atoms with E-state index < -0.39 is 0 Å². The van der Waals surface area contributed by atoms with Crippen LogP contribution in [0.2, 0.25) is 5.02 Å². The number of hydrogen-bond donors (Lipinski definition) is 3. The van der Waals surface area contributed by atoms with E-state index in [0.717, 1.165) is 27.8 Å². The summed E-state index contributed by atoms with van der Waals surface area (Å²) in [6, 6.07) is 22.6. The normalized spacial score (nSPS) is 11.7. The van der Waals surface area contributed by atoms with Crippen molar-refractivity contribution in [2.75, 3.05) is 20.2 Å². The summed E-state index contributed by atoms with van der Waals surface area (Å²) >= 11 is 5.86. The van der Waals surface area contributed by atoms with Crippen LogP contribution in [-0.2, 0) is 4.79 Å². The highest BCUT2D eigenvalue weighted by atomic mass is 35.5. The third-order valence-corrected chi connectivity index (χ3v) is 6.01. The topological polar surface area (TPSA) is 83.2 Å². The second-order valence-electron chi connectivity index (χ2n) is 7.93. The molecule has 174 valence electrons. The van der Waals surface area contributed by atoms with Gasteiger partial charge in [0.15, 0.2) is 0 Å². The van der Waals surface area contributed by atoms with Crippen LogP contribution in [0.15, 0.2) is 79.0 Å². The second-order valence-corrected chi connectivity index (χ2v) is 8.37. The SMILES string of the molecule is COc1ccc(C(CNC(=O)CCNC(=O)c2ccc(Cl)cc2)c2c[nH]c3ccccc23)cc1. The standard InChI is InChI=1S/C27H26ClN3O3/c1-34-21-12-8-18(9-13-21)23(24-17-30-25-5-3-2-4-22(24)25)16-31-26(32)14-15-29-27(33)19-6-10-20(28)11-7-19/h2-13,17,23,30H,14-16H2,1H3,(H,29,33)(H,31,32). The average Bonchev–Trinajstić information content (AvgIpc) is 3.29. The van der Waals surface area contributed by atoms with E-state index in [0.29, 0.717) is 17.1 Å². The highest BCUT2D eigenvalue weighted by molar-refractivity contribution is 6.30. The molecule has 3 aromatic carbocycles. The van der Waals surface area contributed by atoms with Gasteiger partial charge in [0.25, 0.3) is 5.91 Å². The smallest absolute Gasteiger partial charge is 0.251 e. The van der Waals surface area contributed by atoms with Crippen molar-refractivity contribution in [3.05, 3.63) is 101 Å². The van der Waals surface area contributed by atoms with Crippen LogP contribution in [0.25, 0.3) is 10.9 Å². The Morgan fingerprint density at radius 3 is 2.44 bits per heavy atom. The third-order valence-electron chi connectivity index (χ3n) is 5.76. The van der Waals surface area contributed by atoms with Gasteiger partial charge in [-0.15, -0.1) is 0 Å². The molecular weight excluding hydrogens is 450 g/mol. The Bertz CT molecular complexity index is 1270. The summed E-state index contributed by atoms with van der Waals surface area (Å²) in [5.41, 5.74) is 3.73. The molecule has 0 aliphatic carbocycles. The molecule has 6 nitrogen and oxygen atoms in total. The Hall–Kier alpha value is -3.77. The lowest BCUT2D eigenvalue weighted by Gasteiger charge is -2.19. The van der Waals surface area contributed by atoms with E-state index in [1.807, 2.05) is 48.7 Å². The van der Waals surface area contributed by atoms with Gasteiger partial charge in [-0.05, 0) is 53.6 Å². The molecule has 7 heteroatoms. The first-order chi connectivity index (χ1) is 16.5. The van der Waals surface area contributed by atoms with Crippen LogP contribution in [0.4, 0.5) is 0 Å². The minimum absolute atomic E-state index is 0.0466. The molecule has 0 fully saturated rings. The van der Waals surface area contributed by atoms with Gasteiger partial charge in [-0.3, -0.25) is 9.59 Å². The molecule has 3 N–H and O–H groups in total. The number of halogens is 1. The fourth-order valence-electron chi connectivity index (χ4n) is 3.92. The minimum atomic E-state index is -0.237. The van der Waals surface area contributed by atoms with Crippen molar-refractivity contribution in [3.63, 3.8) is 0 Å². The number of aromatic amines is 1. The first-order valence-electron chi connectivity index (χ1n) is 11.1. The highest BCUT2D eigenvalue weighted by Gasteiger charge is 2.19. The Morgan fingerprint density at radius 2 is 1.71 bits per heavy atom. The van der Waals surface area contributed by atoms with Crippen LogP contribution in [0, 0.1) is 0 Å². The molecule has 2 amide bonds. The van der Waals surface area contributed by atoms with Gasteiger partial charge < -0.3 is 20.4 Å². The zero-order valence-corrected chi connectivity index (χ0v) is 19.6. The fraction of sp³-hybridized carbons (Fsp3) is 0.185. The molecule has 4 aromatic rings. The highest BCUT2D eigenvalue weighted by Crippen LogP contribution is 2.31. The molecule has 0 spiro atoms. The zero-order valence-electron chi connectivity index (χ0n) is 18.8. The fourth-order valence-corrected chi connectivity index (χ4v) is 4.05. The largest absolute Gasteiger partial charge is 0.497 e. The first kappa shape index (κ1) is 23.4. The molecule has 0 saturated carbocycles. The number of carbonyl (C=O) groups is 2. The summed E-state index contributed by atoms with van der Waals surface area (Å²) in [6.07, 6.45) is 2.18. The summed E-state index contributed by atoms with van der Waals surface area (Å²) in [7, 11) is 1.64. The summed E-state index contributed by atoms with van der Waals surface area (Å²) in [4.78, 5) is 28.1. The third kappa shape index (κ3) is 5.58. The molecule has 34 heavy (non-hydrogen) atoms. The number of carbonyl (C=O) groups excluding carboxylic acids is 2. The summed E-state index contributed by atoms with van der Waals surface area (Å²) in [5.74, 6) is 0.366. The minimum Gasteiger partial charge on any atom is -0.497 e. The van der Waals surface area contributed by atoms with Gasteiger partial charge in [0.2, 0.25) is 5.91 Å². The molecule has 0 aliphatic heterocycles. The van der Waals surface area contributed by atoms with E-state index in [-0.39, 0.29) is 30.7 Å². The maximum atomic E-state index is 12.6. The van der Waals surface area contributed by atoms with Crippen molar-refractivity contribution in [2.24, 2.45) is 0 Å². The number of rotatable bonds is 9. The van der Waals surface area contributed by atoms with Crippen LogP contribution in [0.3, 0.4) is 0 Å². The van der Waals surface area contributed by atoms with Gasteiger partial charge in [0.05, 0.1) is 7.11 Å².